The Bertz CT molecular complexity index is 2880. The van der Waals surface area contributed by atoms with E-state index in [0.29, 0.717) is 0 Å². The van der Waals surface area contributed by atoms with Gasteiger partial charge in [0.15, 0.2) is 0 Å². The minimum Gasteiger partial charge on any atom is -0.310 e. The lowest BCUT2D eigenvalue weighted by Gasteiger charge is -2.28. The molecule has 2 nitrogen and oxygen atoms in total. The third-order valence-corrected chi connectivity index (χ3v) is 10.5. The molecule has 2 heteroatoms. The van der Waals surface area contributed by atoms with Gasteiger partial charge < -0.3 is 9.47 Å². The molecular formula is C49H34N2. The molecular weight excluding hydrogens is 617 g/mol. The van der Waals surface area contributed by atoms with E-state index in [0.717, 1.165) is 22.7 Å². The zero-order chi connectivity index (χ0) is 33.9. The Morgan fingerprint density at radius 3 is 1.53 bits per heavy atom. The highest BCUT2D eigenvalue weighted by Gasteiger charge is 2.20. The van der Waals surface area contributed by atoms with Crippen molar-refractivity contribution in [3.63, 3.8) is 0 Å². The first-order valence-corrected chi connectivity index (χ1v) is 17.6. The SMILES string of the molecule is Cc1ccccc1N(c1ccc2c3ccccc3c3ccccc3c2c1)c1ccc2c3ccccc3n(-c3ccc(-c4ccccc4)cc3)c2c1. The van der Waals surface area contributed by atoms with Crippen LogP contribution in [0.25, 0.3) is 70.9 Å². The second kappa shape index (κ2) is 11.8. The summed E-state index contributed by atoms with van der Waals surface area (Å²) in [5, 5.41) is 10.1. The average Bonchev–Trinajstić information content (AvgIpc) is 3.53. The number of fused-ring (bicyclic) bond motifs is 9. The predicted octanol–water partition coefficient (Wildman–Crippen LogP) is 13.7. The predicted molar refractivity (Wildman–Crippen MR) is 218 cm³/mol. The number of aryl methyl sites for hydroxylation is 1. The van der Waals surface area contributed by atoms with Crippen LogP contribution in [0.4, 0.5) is 17.1 Å². The van der Waals surface area contributed by atoms with Gasteiger partial charge in [-0.1, -0.05) is 140 Å². The molecule has 0 spiro atoms. The highest BCUT2D eigenvalue weighted by Crippen LogP contribution is 2.43. The van der Waals surface area contributed by atoms with Crippen LogP contribution < -0.4 is 4.90 Å². The fourth-order valence-electron chi connectivity index (χ4n) is 8.09. The highest BCUT2D eigenvalue weighted by molar-refractivity contribution is 6.25. The first kappa shape index (κ1) is 29.3. The molecule has 1 aromatic heterocycles. The Kier molecular flexibility index (Phi) is 6.75. The number of rotatable bonds is 5. The molecule has 0 saturated carbocycles. The molecule has 0 atom stereocenters. The van der Waals surface area contributed by atoms with Crippen molar-refractivity contribution in [2.45, 2.75) is 6.92 Å². The van der Waals surface area contributed by atoms with Gasteiger partial charge in [0.05, 0.1) is 11.0 Å². The first-order chi connectivity index (χ1) is 25.2. The van der Waals surface area contributed by atoms with Crippen LogP contribution in [0.1, 0.15) is 5.56 Å². The van der Waals surface area contributed by atoms with Crippen LogP contribution >= 0.6 is 0 Å². The van der Waals surface area contributed by atoms with Crippen LogP contribution in [0.2, 0.25) is 0 Å². The van der Waals surface area contributed by atoms with Gasteiger partial charge in [-0.15, -0.1) is 0 Å². The fourth-order valence-corrected chi connectivity index (χ4v) is 8.09. The molecule has 0 N–H and O–H groups in total. The van der Waals surface area contributed by atoms with E-state index in [1.165, 1.54) is 70.8 Å². The van der Waals surface area contributed by atoms with Gasteiger partial charge in [0, 0.05) is 33.5 Å². The van der Waals surface area contributed by atoms with Crippen molar-refractivity contribution in [2.24, 2.45) is 0 Å². The summed E-state index contributed by atoms with van der Waals surface area (Å²) in [5.74, 6) is 0. The molecule has 9 aromatic carbocycles. The lowest BCUT2D eigenvalue weighted by molar-refractivity contribution is 1.18. The second-order valence-electron chi connectivity index (χ2n) is 13.4. The van der Waals surface area contributed by atoms with Crippen molar-refractivity contribution in [3.8, 4) is 16.8 Å². The summed E-state index contributed by atoms with van der Waals surface area (Å²) in [7, 11) is 0. The molecule has 0 radical (unpaired) electrons. The maximum absolute atomic E-state index is 2.43. The largest absolute Gasteiger partial charge is 0.310 e. The Hall–Kier alpha value is -6.64. The summed E-state index contributed by atoms with van der Waals surface area (Å²) < 4.78 is 2.42. The molecule has 0 amide bonds. The normalized spacial score (nSPS) is 11.6. The van der Waals surface area contributed by atoms with E-state index >= 15 is 0 Å². The third-order valence-electron chi connectivity index (χ3n) is 10.5. The number of para-hydroxylation sites is 2. The Morgan fingerprint density at radius 2 is 0.843 bits per heavy atom. The molecule has 1 heterocycles. The molecule has 0 unspecified atom stereocenters. The van der Waals surface area contributed by atoms with E-state index in [9.17, 15) is 0 Å². The van der Waals surface area contributed by atoms with Crippen molar-refractivity contribution < 1.29 is 0 Å². The molecule has 0 fully saturated rings. The summed E-state index contributed by atoms with van der Waals surface area (Å²) in [6.45, 7) is 2.20. The maximum Gasteiger partial charge on any atom is 0.0561 e. The topological polar surface area (TPSA) is 8.17 Å². The molecule has 0 aliphatic carbocycles. The number of aromatic nitrogens is 1. The van der Waals surface area contributed by atoms with Gasteiger partial charge in [0.2, 0.25) is 0 Å². The van der Waals surface area contributed by atoms with Gasteiger partial charge in [-0.25, -0.2) is 0 Å². The zero-order valence-electron chi connectivity index (χ0n) is 28.3. The molecule has 0 aliphatic rings. The molecule has 240 valence electrons. The Balaban J connectivity index is 1.21. The molecule has 10 rings (SSSR count). The summed E-state index contributed by atoms with van der Waals surface area (Å²) in [6, 6.07) is 68.6. The summed E-state index contributed by atoms with van der Waals surface area (Å²) in [4.78, 5) is 2.43. The minimum absolute atomic E-state index is 1.12. The van der Waals surface area contributed by atoms with Gasteiger partial charge in [0.1, 0.15) is 0 Å². The molecule has 0 aliphatic heterocycles. The van der Waals surface area contributed by atoms with Crippen LogP contribution in [-0.2, 0) is 0 Å². The minimum atomic E-state index is 1.12. The number of benzene rings is 9. The number of hydrogen-bond donors (Lipinski definition) is 0. The summed E-state index contributed by atoms with van der Waals surface area (Å²) in [5.41, 5.74) is 10.6. The van der Waals surface area contributed by atoms with E-state index in [1.54, 1.807) is 0 Å². The van der Waals surface area contributed by atoms with E-state index in [4.69, 9.17) is 0 Å². The van der Waals surface area contributed by atoms with Crippen molar-refractivity contribution in [1.82, 2.24) is 4.57 Å². The van der Waals surface area contributed by atoms with E-state index in [1.807, 2.05) is 0 Å². The monoisotopic (exact) mass is 650 g/mol. The molecule has 0 saturated heterocycles. The fraction of sp³-hybridized carbons (Fsp3) is 0.0204. The second-order valence-corrected chi connectivity index (χ2v) is 13.4. The van der Waals surface area contributed by atoms with E-state index in [-0.39, 0.29) is 0 Å². The molecule has 51 heavy (non-hydrogen) atoms. The number of nitrogens with zero attached hydrogens (tertiary/aromatic N) is 2. The third kappa shape index (κ3) is 4.72. The van der Waals surface area contributed by atoms with E-state index < -0.39 is 0 Å². The van der Waals surface area contributed by atoms with Gasteiger partial charge in [-0.3, -0.25) is 0 Å². The van der Waals surface area contributed by atoms with Crippen LogP contribution in [0.15, 0.2) is 188 Å². The van der Waals surface area contributed by atoms with Crippen molar-refractivity contribution in [3.05, 3.63) is 194 Å². The maximum atomic E-state index is 2.43. The Morgan fingerprint density at radius 1 is 0.353 bits per heavy atom. The van der Waals surface area contributed by atoms with Crippen molar-refractivity contribution in [2.75, 3.05) is 4.90 Å². The van der Waals surface area contributed by atoms with Gasteiger partial charge in [-0.05, 0) is 104 Å². The van der Waals surface area contributed by atoms with Crippen LogP contribution in [0.5, 0.6) is 0 Å². The van der Waals surface area contributed by atoms with Crippen molar-refractivity contribution in [1.29, 1.82) is 0 Å². The smallest absolute Gasteiger partial charge is 0.0561 e. The standard InChI is InChI=1S/C49H34N2/c1-33-13-5-11-21-47(33)50(37-27-29-43-41-18-7-6-16-39(41)40-17-8-9-19-42(40)46(43)31-37)38-28-30-45-44-20-10-12-22-48(44)51(49(45)32-38)36-25-23-35(24-26-36)34-14-3-2-4-15-34/h2-32H,1H3. The van der Waals surface area contributed by atoms with Crippen LogP contribution in [-0.4, -0.2) is 4.57 Å². The average molecular weight is 651 g/mol. The summed E-state index contributed by atoms with van der Waals surface area (Å²) in [6.07, 6.45) is 0. The number of hydrogen-bond acceptors (Lipinski definition) is 1. The quantitative estimate of drug-likeness (QED) is 0.168. The van der Waals surface area contributed by atoms with Crippen molar-refractivity contribution >= 4 is 71.2 Å². The van der Waals surface area contributed by atoms with Crippen LogP contribution in [0.3, 0.4) is 0 Å². The first-order valence-electron chi connectivity index (χ1n) is 17.6. The van der Waals surface area contributed by atoms with Gasteiger partial charge >= 0.3 is 0 Å². The van der Waals surface area contributed by atoms with Gasteiger partial charge in [0.25, 0.3) is 0 Å². The molecule has 10 aromatic rings. The number of anilines is 3. The van der Waals surface area contributed by atoms with E-state index in [2.05, 4.69) is 204 Å². The van der Waals surface area contributed by atoms with Crippen LogP contribution in [0, 0.1) is 6.92 Å². The lowest BCUT2D eigenvalue weighted by atomic mass is 9.94. The highest BCUT2D eigenvalue weighted by atomic mass is 15.1. The Labute approximate surface area is 297 Å². The lowest BCUT2D eigenvalue weighted by Crippen LogP contribution is -2.11. The van der Waals surface area contributed by atoms with Gasteiger partial charge in [-0.2, -0.15) is 0 Å². The summed E-state index contributed by atoms with van der Waals surface area (Å²) >= 11 is 0. The zero-order valence-corrected chi connectivity index (χ0v) is 28.3. The molecule has 0 bridgehead atoms.